The van der Waals surface area contributed by atoms with Crippen molar-refractivity contribution in [2.24, 2.45) is 0 Å². The van der Waals surface area contributed by atoms with Gasteiger partial charge in [0.1, 0.15) is 0 Å². The van der Waals surface area contributed by atoms with E-state index in [0.29, 0.717) is 39.0 Å². The fourth-order valence-electron chi connectivity index (χ4n) is 5.88. The van der Waals surface area contributed by atoms with Gasteiger partial charge < -0.3 is 9.80 Å². The van der Waals surface area contributed by atoms with Gasteiger partial charge in [0.2, 0.25) is 11.8 Å². The van der Waals surface area contributed by atoms with E-state index in [2.05, 4.69) is 36.4 Å². The number of carbonyl (C=O) groups excluding carboxylic acids is 2. The van der Waals surface area contributed by atoms with E-state index in [-0.39, 0.29) is 11.8 Å². The van der Waals surface area contributed by atoms with Crippen molar-refractivity contribution in [1.29, 1.82) is 0 Å². The molecular weight excluding hydrogens is 540 g/mol. The second-order valence-electron chi connectivity index (χ2n) is 11.2. The highest BCUT2D eigenvalue weighted by atomic mass is 16.2. The topological polar surface area (TPSA) is 40.6 Å². The van der Waals surface area contributed by atoms with E-state index in [1.807, 2.05) is 119 Å². The lowest BCUT2D eigenvalue weighted by Gasteiger charge is -2.29. The average molecular weight is 577 g/mol. The number of benzene rings is 6. The predicted octanol–water partition coefficient (Wildman–Crippen LogP) is 7.84. The molecule has 2 amide bonds. The SMILES string of the molecule is O=C(Cc1cccc2ccccc12)N(CCN(Cc1ccccc1)C(=O)Cc1cccc2ccccc12)Cc1ccccc1. The van der Waals surface area contributed by atoms with Crippen LogP contribution in [0, 0.1) is 0 Å². The van der Waals surface area contributed by atoms with Gasteiger partial charge in [-0.15, -0.1) is 0 Å². The highest BCUT2D eigenvalue weighted by molar-refractivity contribution is 5.91. The first-order valence-corrected chi connectivity index (χ1v) is 15.2. The smallest absolute Gasteiger partial charge is 0.227 e. The summed E-state index contributed by atoms with van der Waals surface area (Å²) in [6, 6.07) is 48.8. The molecule has 0 aliphatic carbocycles. The van der Waals surface area contributed by atoms with Gasteiger partial charge in [-0.05, 0) is 43.8 Å². The van der Waals surface area contributed by atoms with Crippen molar-refractivity contribution in [3.63, 3.8) is 0 Å². The molecule has 0 saturated heterocycles. The van der Waals surface area contributed by atoms with Gasteiger partial charge >= 0.3 is 0 Å². The van der Waals surface area contributed by atoms with E-state index < -0.39 is 0 Å². The van der Waals surface area contributed by atoms with Crippen LogP contribution in [0.15, 0.2) is 146 Å². The molecule has 6 aromatic carbocycles. The van der Waals surface area contributed by atoms with E-state index >= 15 is 0 Å². The Labute approximate surface area is 259 Å². The summed E-state index contributed by atoms with van der Waals surface area (Å²) in [5, 5.41) is 4.44. The van der Waals surface area contributed by atoms with Gasteiger partial charge in [-0.2, -0.15) is 0 Å². The van der Waals surface area contributed by atoms with E-state index in [1.54, 1.807) is 0 Å². The van der Waals surface area contributed by atoms with E-state index in [4.69, 9.17) is 0 Å². The van der Waals surface area contributed by atoms with Crippen molar-refractivity contribution in [3.8, 4) is 0 Å². The Morgan fingerprint density at radius 2 is 0.773 bits per heavy atom. The minimum atomic E-state index is 0.0476. The first-order valence-electron chi connectivity index (χ1n) is 15.2. The molecule has 0 aliphatic rings. The monoisotopic (exact) mass is 576 g/mol. The largest absolute Gasteiger partial charge is 0.336 e. The Balaban J connectivity index is 1.25. The quantitative estimate of drug-likeness (QED) is 0.158. The molecule has 6 rings (SSSR count). The number of nitrogens with zero attached hydrogens (tertiary/aromatic N) is 2. The first kappa shape index (κ1) is 28.9. The zero-order chi connectivity index (χ0) is 30.1. The van der Waals surface area contributed by atoms with Gasteiger partial charge in [-0.3, -0.25) is 9.59 Å². The van der Waals surface area contributed by atoms with Crippen molar-refractivity contribution in [3.05, 3.63) is 168 Å². The lowest BCUT2D eigenvalue weighted by molar-refractivity contribution is -0.135. The third kappa shape index (κ3) is 7.04. The average Bonchev–Trinajstić information content (AvgIpc) is 3.07. The Morgan fingerprint density at radius 1 is 0.409 bits per heavy atom. The summed E-state index contributed by atoms with van der Waals surface area (Å²) >= 11 is 0. The number of hydrogen-bond acceptors (Lipinski definition) is 2. The first-order chi connectivity index (χ1) is 21.6. The second kappa shape index (κ2) is 13.8. The molecule has 0 N–H and O–H groups in total. The molecule has 0 bridgehead atoms. The van der Waals surface area contributed by atoms with Crippen LogP contribution in [0.3, 0.4) is 0 Å². The zero-order valence-electron chi connectivity index (χ0n) is 24.8. The maximum Gasteiger partial charge on any atom is 0.227 e. The highest BCUT2D eigenvalue weighted by Gasteiger charge is 2.21. The van der Waals surface area contributed by atoms with Crippen LogP contribution in [-0.2, 0) is 35.5 Å². The summed E-state index contributed by atoms with van der Waals surface area (Å²) in [5.41, 5.74) is 4.16. The van der Waals surface area contributed by atoms with E-state index in [9.17, 15) is 9.59 Å². The molecule has 0 saturated carbocycles. The molecule has 0 aromatic heterocycles. The van der Waals surface area contributed by atoms with Gasteiger partial charge in [0.15, 0.2) is 0 Å². The molecule has 0 aliphatic heterocycles. The number of fused-ring (bicyclic) bond motifs is 2. The van der Waals surface area contributed by atoms with Crippen LogP contribution in [-0.4, -0.2) is 34.7 Å². The van der Waals surface area contributed by atoms with Crippen LogP contribution in [0.25, 0.3) is 21.5 Å². The highest BCUT2D eigenvalue weighted by Crippen LogP contribution is 2.22. The standard InChI is InChI=1S/C40H36N2O2/c43-39(27-35-21-11-19-33-17-7-9-23-37(33)35)41(29-31-13-3-1-4-14-31)25-26-42(30-32-15-5-2-6-16-32)40(44)28-36-22-12-20-34-18-8-10-24-38(34)36/h1-24H,25-30H2. The molecule has 0 heterocycles. The van der Waals surface area contributed by atoms with Crippen LogP contribution in [0.4, 0.5) is 0 Å². The lowest BCUT2D eigenvalue weighted by Crippen LogP contribution is -2.41. The van der Waals surface area contributed by atoms with Gasteiger partial charge in [-0.25, -0.2) is 0 Å². The van der Waals surface area contributed by atoms with Crippen LogP contribution < -0.4 is 0 Å². The maximum absolute atomic E-state index is 14.0. The summed E-state index contributed by atoms with van der Waals surface area (Å²) in [7, 11) is 0. The number of hydrogen-bond donors (Lipinski definition) is 0. The van der Waals surface area contributed by atoms with Gasteiger partial charge in [0.25, 0.3) is 0 Å². The third-order valence-corrected chi connectivity index (χ3v) is 8.22. The molecule has 4 heteroatoms. The van der Waals surface area contributed by atoms with E-state index in [1.165, 1.54) is 0 Å². The van der Waals surface area contributed by atoms with Gasteiger partial charge in [0.05, 0.1) is 12.8 Å². The zero-order valence-corrected chi connectivity index (χ0v) is 24.8. The Kier molecular flexibility index (Phi) is 9.08. The van der Waals surface area contributed by atoms with Gasteiger partial charge in [0, 0.05) is 26.2 Å². The molecular formula is C40H36N2O2. The minimum absolute atomic E-state index is 0.0476. The van der Waals surface area contributed by atoms with Crippen molar-refractivity contribution in [2.45, 2.75) is 25.9 Å². The van der Waals surface area contributed by atoms with E-state index in [0.717, 1.165) is 43.8 Å². The van der Waals surface area contributed by atoms with Crippen LogP contribution in [0.1, 0.15) is 22.3 Å². The van der Waals surface area contributed by atoms with Crippen molar-refractivity contribution < 1.29 is 9.59 Å². The summed E-state index contributed by atoms with van der Waals surface area (Å²) in [4.78, 5) is 31.7. The molecule has 4 nitrogen and oxygen atoms in total. The number of carbonyl (C=O) groups is 2. The fourth-order valence-corrected chi connectivity index (χ4v) is 5.88. The molecule has 44 heavy (non-hydrogen) atoms. The lowest BCUT2D eigenvalue weighted by atomic mass is 10.0. The van der Waals surface area contributed by atoms with Crippen LogP contribution in [0.2, 0.25) is 0 Å². The molecule has 0 unspecified atom stereocenters. The van der Waals surface area contributed by atoms with Gasteiger partial charge in [-0.1, -0.05) is 146 Å². The Hall–Kier alpha value is -5.22. The van der Waals surface area contributed by atoms with Crippen LogP contribution >= 0.6 is 0 Å². The predicted molar refractivity (Wildman–Crippen MR) is 179 cm³/mol. The minimum Gasteiger partial charge on any atom is -0.336 e. The number of amides is 2. The molecule has 0 radical (unpaired) electrons. The van der Waals surface area contributed by atoms with Crippen molar-refractivity contribution >= 4 is 33.4 Å². The fraction of sp³-hybridized carbons (Fsp3) is 0.150. The molecule has 0 atom stereocenters. The molecule has 0 fully saturated rings. The molecule has 218 valence electrons. The maximum atomic E-state index is 14.0. The summed E-state index contributed by atoms with van der Waals surface area (Å²) in [6.45, 7) is 1.85. The summed E-state index contributed by atoms with van der Waals surface area (Å²) in [6.07, 6.45) is 0.605. The third-order valence-electron chi connectivity index (χ3n) is 8.22. The molecule has 0 spiro atoms. The van der Waals surface area contributed by atoms with Crippen LogP contribution in [0.5, 0.6) is 0 Å². The molecule has 6 aromatic rings. The summed E-state index contributed by atoms with van der Waals surface area (Å²) < 4.78 is 0. The number of rotatable bonds is 11. The Morgan fingerprint density at radius 3 is 1.20 bits per heavy atom. The summed E-state index contributed by atoms with van der Waals surface area (Å²) in [5.74, 6) is 0.0951. The van der Waals surface area contributed by atoms with Crippen molar-refractivity contribution in [1.82, 2.24) is 9.80 Å². The Bertz CT molecular complexity index is 1720. The normalized spacial score (nSPS) is 11.0. The second-order valence-corrected chi connectivity index (χ2v) is 11.2. The van der Waals surface area contributed by atoms with Crippen molar-refractivity contribution in [2.75, 3.05) is 13.1 Å².